The highest BCUT2D eigenvalue weighted by Gasteiger charge is 2.53. The average Bonchev–Trinajstić information content (AvgIpc) is 2.75. The Morgan fingerprint density at radius 1 is 1.33 bits per heavy atom. The lowest BCUT2D eigenvalue weighted by molar-refractivity contribution is 0.351. The summed E-state index contributed by atoms with van der Waals surface area (Å²) in [6.07, 6.45) is 10.4. The van der Waals surface area contributed by atoms with Crippen LogP contribution < -0.4 is 0 Å². The summed E-state index contributed by atoms with van der Waals surface area (Å²) in [6, 6.07) is 0. The highest BCUT2D eigenvalue weighted by Crippen LogP contribution is 2.63. The van der Waals surface area contributed by atoms with Crippen LogP contribution in [-0.2, 0) is 0 Å². The van der Waals surface area contributed by atoms with Crippen LogP contribution in [0.4, 0.5) is 0 Å². The van der Waals surface area contributed by atoms with E-state index in [0.717, 1.165) is 11.3 Å². The summed E-state index contributed by atoms with van der Waals surface area (Å²) in [6.45, 7) is 0. The molecule has 0 aromatic rings. The lowest BCUT2D eigenvalue weighted by Crippen LogP contribution is -2.10. The molecular weight excluding hydrogens is 144 g/mol. The third-order valence-electron chi connectivity index (χ3n) is 3.96. The number of rotatable bonds is 0. The van der Waals surface area contributed by atoms with E-state index < -0.39 is 0 Å². The third kappa shape index (κ3) is 0.860. The molecule has 0 aromatic heterocycles. The maximum Gasteiger partial charge on any atom is -0.0199 e. The molecule has 0 heteroatoms. The Labute approximate surface area is 73.7 Å². The summed E-state index contributed by atoms with van der Waals surface area (Å²) in [7, 11) is 0. The number of fused-ring (bicyclic) bond motifs is 3. The van der Waals surface area contributed by atoms with Gasteiger partial charge in [-0.25, -0.2) is 0 Å². The summed E-state index contributed by atoms with van der Waals surface area (Å²) in [5.74, 6) is 1.01. The molecular formula is C12H14. The summed E-state index contributed by atoms with van der Waals surface area (Å²) in [4.78, 5) is 0. The number of allylic oxidation sites excluding steroid dienone is 2. The second-order valence-electron chi connectivity index (χ2n) is 4.58. The van der Waals surface area contributed by atoms with Crippen LogP contribution >= 0.6 is 0 Å². The molecule has 4 aliphatic carbocycles. The van der Waals surface area contributed by atoms with Crippen molar-refractivity contribution in [3.8, 4) is 0 Å². The number of hydrogen-bond acceptors (Lipinski definition) is 0. The normalized spacial score (nSPS) is 42.7. The molecule has 1 atom stereocenters. The molecule has 0 aromatic carbocycles. The predicted octanol–water partition coefficient (Wildman–Crippen LogP) is 3.21. The Hall–Kier alpha value is -0.700. The van der Waals surface area contributed by atoms with Crippen molar-refractivity contribution < 1.29 is 0 Å². The monoisotopic (exact) mass is 158 g/mol. The molecule has 0 amide bonds. The molecule has 0 nitrogen and oxygen atoms in total. The van der Waals surface area contributed by atoms with E-state index in [1.165, 1.54) is 44.1 Å². The van der Waals surface area contributed by atoms with Crippen molar-refractivity contribution in [1.82, 2.24) is 0 Å². The SMILES string of the molecule is C1=C=C2CCC3(CC2)CC3CC=1. The second kappa shape index (κ2) is 2.16. The topological polar surface area (TPSA) is 0 Å². The van der Waals surface area contributed by atoms with Crippen molar-refractivity contribution in [3.05, 3.63) is 23.1 Å². The standard InChI is InChI=1S/C12H14/c1-2-4-11-9-12(11)7-5-10(3-1)6-8-12/h2,11H,4-9H2. The fourth-order valence-electron chi connectivity index (χ4n) is 2.91. The second-order valence-corrected chi connectivity index (χ2v) is 4.58. The first-order valence-electron chi connectivity index (χ1n) is 5.07. The van der Waals surface area contributed by atoms with Crippen molar-refractivity contribution in [2.75, 3.05) is 0 Å². The van der Waals surface area contributed by atoms with Gasteiger partial charge in [-0.3, -0.25) is 0 Å². The van der Waals surface area contributed by atoms with Crippen LogP contribution in [0.15, 0.2) is 23.1 Å². The van der Waals surface area contributed by atoms with Crippen LogP contribution in [0, 0.1) is 11.3 Å². The lowest BCUT2D eigenvalue weighted by atomic mass is 9.82. The summed E-state index contributed by atoms with van der Waals surface area (Å²) >= 11 is 0. The van der Waals surface area contributed by atoms with E-state index in [1.807, 2.05) is 0 Å². The van der Waals surface area contributed by atoms with Crippen LogP contribution in [-0.4, -0.2) is 0 Å². The molecule has 1 unspecified atom stereocenters. The highest BCUT2D eigenvalue weighted by atomic mass is 14.6. The molecule has 0 heterocycles. The Morgan fingerprint density at radius 3 is 3.00 bits per heavy atom. The zero-order chi connectivity index (χ0) is 8.02. The van der Waals surface area contributed by atoms with Gasteiger partial charge in [-0.2, -0.15) is 0 Å². The van der Waals surface area contributed by atoms with E-state index in [0.29, 0.717) is 0 Å². The highest BCUT2D eigenvalue weighted by molar-refractivity contribution is 5.16. The smallest absolute Gasteiger partial charge is 0.0199 e. The van der Waals surface area contributed by atoms with Crippen LogP contribution in [0.5, 0.6) is 0 Å². The minimum Gasteiger partial charge on any atom is -0.0747 e. The Bertz CT molecular complexity index is 299. The fraction of sp³-hybridized carbons (Fsp3) is 0.667. The summed E-state index contributed by atoms with van der Waals surface area (Å²) < 4.78 is 0. The van der Waals surface area contributed by atoms with Gasteiger partial charge in [-0.05, 0) is 61.5 Å². The molecule has 4 aliphatic rings. The Kier molecular flexibility index (Phi) is 1.22. The third-order valence-corrected chi connectivity index (χ3v) is 3.96. The molecule has 2 fully saturated rings. The summed E-state index contributed by atoms with van der Waals surface area (Å²) in [5.41, 5.74) is 8.80. The van der Waals surface area contributed by atoms with E-state index >= 15 is 0 Å². The molecule has 12 heavy (non-hydrogen) atoms. The van der Waals surface area contributed by atoms with Crippen molar-refractivity contribution in [2.45, 2.75) is 38.5 Å². The van der Waals surface area contributed by atoms with Gasteiger partial charge in [-0.15, -0.1) is 0 Å². The lowest BCUT2D eigenvalue weighted by Gasteiger charge is -2.23. The van der Waals surface area contributed by atoms with Crippen molar-refractivity contribution in [1.29, 1.82) is 0 Å². The molecule has 1 spiro atoms. The van der Waals surface area contributed by atoms with Crippen LogP contribution in [0.1, 0.15) is 38.5 Å². The first kappa shape index (κ1) is 6.78. The van der Waals surface area contributed by atoms with Gasteiger partial charge >= 0.3 is 0 Å². The van der Waals surface area contributed by atoms with Gasteiger partial charge < -0.3 is 0 Å². The molecule has 0 aliphatic heterocycles. The molecule has 4 rings (SSSR count). The average molecular weight is 158 g/mol. The van der Waals surface area contributed by atoms with Gasteiger partial charge in [0.1, 0.15) is 0 Å². The van der Waals surface area contributed by atoms with Crippen LogP contribution in [0.25, 0.3) is 0 Å². The zero-order valence-corrected chi connectivity index (χ0v) is 7.40. The van der Waals surface area contributed by atoms with Gasteiger partial charge in [0.25, 0.3) is 0 Å². The fourth-order valence-corrected chi connectivity index (χ4v) is 2.91. The Balaban J connectivity index is 2.04. The summed E-state index contributed by atoms with van der Waals surface area (Å²) in [5, 5.41) is 0. The van der Waals surface area contributed by atoms with E-state index in [2.05, 4.69) is 17.5 Å². The zero-order valence-electron chi connectivity index (χ0n) is 7.40. The van der Waals surface area contributed by atoms with E-state index in [4.69, 9.17) is 0 Å². The van der Waals surface area contributed by atoms with Crippen molar-refractivity contribution in [2.24, 2.45) is 11.3 Å². The van der Waals surface area contributed by atoms with Crippen molar-refractivity contribution in [3.63, 3.8) is 0 Å². The minimum atomic E-state index is 0.785. The maximum atomic E-state index is 3.30. The molecule has 2 bridgehead atoms. The van der Waals surface area contributed by atoms with E-state index in [9.17, 15) is 0 Å². The van der Waals surface area contributed by atoms with Crippen LogP contribution in [0.2, 0.25) is 0 Å². The quantitative estimate of drug-likeness (QED) is 0.475. The van der Waals surface area contributed by atoms with Crippen molar-refractivity contribution >= 4 is 0 Å². The van der Waals surface area contributed by atoms with Crippen LogP contribution in [0.3, 0.4) is 0 Å². The van der Waals surface area contributed by atoms with Gasteiger partial charge in [-0.1, -0.05) is 11.5 Å². The first-order valence-corrected chi connectivity index (χ1v) is 5.07. The first-order chi connectivity index (χ1) is 5.89. The molecule has 2 saturated carbocycles. The Morgan fingerprint density at radius 2 is 2.17 bits per heavy atom. The predicted molar refractivity (Wildman–Crippen MR) is 48.7 cm³/mol. The number of hydrogen-bond donors (Lipinski definition) is 0. The molecule has 0 radical (unpaired) electrons. The van der Waals surface area contributed by atoms with Gasteiger partial charge in [0, 0.05) is 0 Å². The van der Waals surface area contributed by atoms with Gasteiger partial charge in [0.05, 0.1) is 0 Å². The van der Waals surface area contributed by atoms with Gasteiger partial charge in [0.2, 0.25) is 0 Å². The maximum absolute atomic E-state index is 3.30. The largest absolute Gasteiger partial charge is 0.0747 e. The van der Waals surface area contributed by atoms with Gasteiger partial charge in [0.15, 0.2) is 0 Å². The minimum absolute atomic E-state index is 0.785. The molecule has 62 valence electrons. The molecule has 0 N–H and O–H groups in total. The molecule has 0 saturated heterocycles. The van der Waals surface area contributed by atoms with E-state index in [1.54, 1.807) is 0 Å². The van der Waals surface area contributed by atoms with E-state index in [-0.39, 0.29) is 0 Å².